The van der Waals surface area contributed by atoms with Crippen LogP contribution in [0.1, 0.15) is 16.8 Å². The van der Waals surface area contributed by atoms with Crippen LogP contribution in [0, 0.1) is 18.3 Å². The third-order valence-corrected chi connectivity index (χ3v) is 4.09. The molecular weight excluding hydrogens is 330 g/mol. The molecule has 0 amide bonds. The molecule has 0 aliphatic carbocycles. The molecule has 3 rings (SSSR count). The number of benzene rings is 1. The number of halogens is 1. The van der Waals surface area contributed by atoms with Gasteiger partial charge in [0.2, 0.25) is 0 Å². The summed E-state index contributed by atoms with van der Waals surface area (Å²) in [5.74, 6) is 0.391. The predicted molar refractivity (Wildman–Crippen MR) is 84.6 cm³/mol. The molecule has 2 heterocycles. The highest BCUT2D eigenvalue weighted by atomic mass is 79.9. The van der Waals surface area contributed by atoms with Gasteiger partial charge in [-0.15, -0.1) is 0 Å². The number of nitrogens with two attached hydrogens (primary N) is 1. The Labute approximate surface area is 130 Å². The van der Waals surface area contributed by atoms with Gasteiger partial charge in [0, 0.05) is 16.1 Å². The zero-order valence-electron chi connectivity index (χ0n) is 11.3. The Morgan fingerprint density at radius 2 is 2.19 bits per heavy atom. The lowest BCUT2D eigenvalue weighted by Crippen LogP contribution is -2.07. The number of nitrogen functional groups attached to an aromatic ring is 1. The molecular formula is C15H12BrN5. The molecule has 6 heteroatoms. The minimum absolute atomic E-state index is 0.391. The number of hydrogen-bond acceptors (Lipinski definition) is 4. The number of anilines is 1. The van der Waals surface area contributed by atoms with Crippen LogP contribution in [0.3, 0.4) is 0 Å². The number of aryl methyl sites for hydroxylation is 1. The Morgan fingerprint density at radius 3 is 2.90 bits per heavy atom. The summed E-state index contributed by atoms with van der Waals surface area (Å²) < 4.78 is 2.64. The van der Waals surface area contributed by atoms with Gasteiger partial charge in [-0.25, -0.2) is 4.68 Å². The van der Waals surface area contributed by atoms with Crippen molar-refractivity contribution in [2.75, 3.05) is 5.73 Å². The van der Waals surface area contributed by atoms with Crippen LogP contribution in [-0.4, -0.2) is 14.8 Å². The largest absolute Gasteiger partial charge is 0.383 e. The highest BCUT2D eigenvalue weighted by molar-refractivity contribution is 9.10. The second-order valence-electron chi connectivity index (χ2n) is 4.72. The minimum atomic E-state index is 0.391. The Morgan fingerprint density at radius 1 is 1.38 bits per heavy atom. The standard InChI is InChI=1S/C15H12BrN5/c1-9-12(7-17)15(18)21(20-9)8-10-4-5-13(16)11-3-2-6-19-14(10)11/h2-6H,8,18H2,1H3. The van der Waals surface area contributed by atoms with Gasteiger partial charge in [-0.1, -0.05) is 28.1 Å². The maximum absolute atomic E-state index is 9.08. The van der Waals surface area contributed by atoms with Crippen LogP contribution in [0.5, 0.6) is 0 Å². The SMILES string of the molecule is Cc1nn(Cc2ccc(Br)c3cccnc23)c(N)c1C#N. The second-order valence-corrected chi connectivity index (χ2v) is 5.58. The van der Waals surface area contributed by atoms with Gasteiger partial charge in [-0.3, -0.25) is 4.98 Å². The molecule has 0 fully saturated rings. The van der Waals surface area contributed by atoms with E-state index in [2.05, 4.69) is 32.1 Å². The summed E-state index contributed by atoms with van der Waals surface area (Å²) >= 11 is 3.53. The molecule has 3 aromatic rings. The first-order valence-electron chi connectivity index (χ1n) is 6.37. The van der Waals surface area contributed by atoms with Gasteiger partial charge in [0.25, 0.3) is 0 Å². The van der Waals surface area contributed by atoms with Crippen molar-refractivity contribution in [2.24, 2.45) is 0 Å². The molecule has 0 saturated carbocycles. The van der Waals surface area contributed by atoms with Gasteiger partial charge in [-0.2, -0.15) is 10.4 Å². The summed E-state index contributed by atoms with van der Waals surface area (Å²) in [6.45, 7) is 2.26. The molecule has 104 valence electrons. The molecule has 0 aliphatic heterocycles. The van der Waals surface area contributed by atoms with E-state index in [0.717, 1.165) is 20.9 Å². The second kappa shape index (κ2) is 5.19. The normalized spacial score (nSPS) is 10.7. The average molecular weight is 342 g/mol. The number of rotatable bonds is 2. The Bertz CT molecular complexity index is 876. The van der Waals surface area contributed by atoms with Crippen molar-refractivity contribution in [1.29, 1.82) is 5.26 Å². The molecule has 0 radical (unpaired) electrons. The van der Waals surface area contributed by atoms with E-state index in [0.29, 0.717) is 23.6 Å². The van der Waals surface area contributed by atoms with Gasteiger partial charge in [0.05, 0.1) is 17.8 Å². The van der Waals surface area contributed by atoms with E-state index in [1.165, 1.54) is 0 Å². The number of aromatic nitrogens is 3. The van der Waals surface area contributed by atoms with Crippen LogP contribution in [0.25, 0.3) is 10.9 Å². The third-order valence-electron chi connectivity index (χ3n) is 3.40. The number of hydrogen-bond donors (Lipinski definition) is 1. The summed E-state index contributed by atoms with van der Waals surface area (Å²) in [6.07, 6.45) is 1.76. The monoisotopic (exact) mass is 341 g/mol. The molecule has 2 N–H and O–H groups in total. The molecule has 21 heavy (non-hydrogen) atoms. The van der Waals surface area contributed by atoms with Crippen LogP contribution in [-0.2, 0) is 6.54 Å². The number of fused-ring (bicyclic) bond motifs is 1. The summed E-state index contributed by atoms with van der Waals surface area (Å²) in [4.78, 5) is 4.44. The fraction of sp³-hybridized carbons (Fsp3) is 0.133. The Balaban J connectivity index is 2.12. The molecule has 1 aromatic carbocycles. The van der Waals surface area contributed by atoms with Gasteiger partial charge in [0.1, 0.15) is 17.5 Å². The molecule has 2 aromatic heterocycles. The highest BCUT2D eigenvalue weighted by Crippen LogP contribution is 2.26. The van der Waals surface area contributed by atoms with Crippen molar-refractivity contribution >= 4 is 32.7 Å². The molecule has 5 nitrogen and oxygen atoms in total. The van der Waals surface area contributed by atoms with E-state index in [1.807, 2.05) is 24.3 Å². The highest BCUT2D eigenvalue weighted by Gasteiger charge is 2.13. The topological polar surface area (TPSA) is 80.5 Å². The van der Waals surface area contributed by atoms with Crippen molar-refractivity contribution in [1.82, 2.24) is 14.8 Å². The van der Waals surface area contributed by atoms with Crippen LogP contribution >= 0.6 is 15.9 Å². The van der Waals surface area contributed by atoms with Crippen molar-refractivity contribution in [3.63, 3.8) is 0 Å². The lowest BCUT2D eigenvalue weighted by atomic mass is 10.1. The van der Waals surface area contributed by atoms with Gasteiger partial charge < -0.3 is 5.73 Å². The molecule has 0 bridgehead atoms. The van der Waals surface area contributed by atoms with E-state index in [1.54, 1.807) is 17.8 Å². The Hall–Kier alpha value is -2.39. The van der Waals surface area contributed by atoms with Gasteiger partial charge in [-0.05, 0) is 24.6 Å². The number of pyridine rings is 1. The van der Waals surface area contributed by atoms with E-state index in [-0.39, 0.29) is 0 Å². The van der Waals surface area contributed by atoms with Gasteiger partial charge in [0.15, 0.2) is 0 Å². The lowest BCUT2D eigenvalue weighted by molar-refractivity contribution is 0.691. The fourth-order valence-corrected chi connectivity index (χ4v) is 2.80. The molecule has 0 saturated heterocycles. The fourth-order valence-electron chi connectivity index (χ4n) is 2.34. The first-order valence-corrected chi connectivity index (χ1v) is 7.16. The van der Waals surface area contributed by atoms with E-state index in [4.69, 9.17) is 11.0 Å². The van der Waals surface area contributed by atoms with Crippen molar-refractivity contribution in [3.05, 3.63) is 51.8 Å². The number of nitrogens with zero attached hydrogens (tertiary/aromatic N) is 4. The zero-order chi connectivity index (χ0) is 15.0. The van der Waals surface area contributed by atoms with Crippen molar-refractivity contribution < 1.29 is 0 Å². The van der Waals surface area contributed by atoms with Crippen molar-refractivity contribution in [3.8, 4) is 6.07 Å². The lowest BCUT2D eigenvalue weighted by Gasteiger charge is -2.08. The van der Waals surface area contributed by atoms with Crippen LogP contribution in [0.15, 0.2) is 34.9 Å². The predicted octanol–water partition coefficient (Wildman–Crippen LogP) is 3.00. The number of nitriles is 1. The zero-order valence-corrected chi connectivity index (χ0v) is 12.9. The molecule has 0 atom stereocenters. The third kappa shape index (κ3) is 2.26. The maximum Gasteiger partial charge on any atom is 0.140 e. The Kier molecular flexibility index (Phi) is 3.35. The summed E-state index contributed by atoms with van der Waals surface area (Å²) in [7, 11) is 0. The quantitative estimate of drug-likeness (QED) is 0.776. The van der Waals surface area contributed by atoms with E-state index >= 15 is 0 Å². The first-order chi connectivity index (χ1) is 10.1. The first kappa shape index (κ1) is 13.6. The van der Waals surface area contributed by atoms with Crippen LogP contribution < -0.4 is 5.73 Å². The smallest absolute Gasteiger partial charge is 0.140 e. The van der Waals surface area contributed by atoms with Crippen LogP contribution in [0.2, 0.25) is 0 Å². The minimum Gasteiger partial charge on any atom is -0.383 e. The van der Waals surface area contributed by atoms with Gasteiger partial charge >= 0.3 is 0 Å². The summed E-state index contributed by atoms with van der Waals surface area (Å²) in [5.41, 5.74) is 8.97. The average Bonchev–Trinajstić information content (AvgIpc) is 2.76. The molecule has 0 aliphatic rings. The van der Waals surface area contributed by atoms with Crippen LogP contribution in [0.4, 0.5) is 5.82 Å². The van der Waals surface area contributed by atoms with E-state index in [9.17, 15) is 0 Å². The molecule has 0 unspecified atom stereocenters. The summed E-state index contributed by atoms with van der Waals surface area (Å²) in [5, 5.41) is 14.5. The maximum atomic E-state index is 9.08. The summed E-state index contributed by atoms with van der Waals surface area (Å²) in [6, 6.07) is 9.96. The van der Waals surface area contributed by atoms with E-state index < -0.39 is 0 Å². The molecule has 0 spiro atoms. The van der Waals surface area contributed by atoms with Crippen molar-refractivity contribution in [2.45, 2.75) is 13.5 Å².